The number of methoxy groups -OCH3 is 1. The Balaban J connectivity index is 2.41. The zero-order valence-corrected chi connectivity index (χ0v) is 15.0. The van der Waals surface area contributed by atoms with Crippen LogP contribution >= 0.6 is 15.9 Å². The second-order valence-corrected chi connectivity index (χ2v) is 6.04. The van der Waals surface area contributed by atoms with Crippen LogP contribution in [0.25, 0.3) is 11.4 Å². The number of halogens is 1. The lowest BCUT2D eigenvalue weighted by atomic mass is 10.1. The molecule has 0 saturated carbocycles. The van der Waals surface area contributed by atoms with Gasteiger partial charge in [-0.05, 0) is 41.8 Å². The molecule has 0 aliphatic heterocycles. The van der Waals surface area contributed by atoms with Gasteiger partial charge in [-0.1, -0.05) is 19.0 Å². The van der Waals surface area contributed by atoms with Crippen LogP contribution in [-0.4, -0.2) is 28.8 Å². The molecule has 0 aromatic carbocycles. The van der Waals surface area contributed by atoms with E-state index in [1.807, 2.05) is 19.9 Å². The van der Waals surface area contributed by atoms with Crippen molar-refractivity contribution in [2.75, 3.05) is 13.7 Å². The van der Waals surface area contributed by atoms with E-state index in [0.29, 0.717) is 29.8 Å². The standard InChI is InChI=1S/C15H20BrN3O3/c1-6-21-12(8(2)3)15-18-13(19-22-15)10-7-11(16)9(4)17-14(10)20-5/h7-8,12H,6H2,1-5H3. The fraction of sp³-hybridized carbons (Fsp3) is 0.533. The molecule has 22 heavy (non-hydrogen) atoms. The molecule has 0 aliphatic rings. The Morgan fingerprint density at radius 3 is 2.64 bits per heavy atom. The Bertz CT molecular complexity index is 643. The molecule has 0 fully saturated rings. The molecule has 0 radical (unpaired) electrons. The molecular formula is C15H20BrN3O3. The molecule has 2 heterocycles. The molecule has 7 heteroatoms. The van der Waals surface area contributed by atoms with Crippen molar-refractivity contribution in [3.63, 3.8) is 0 Å². The van der Waals surface area contributed by atoms with Crippen LogP contribution in [0.1, 0.15) is 38.5 Å². The molecule has 0 spiro atoms. The summed E-state index contributed by atoms with van der Waals surface area (Å²) in [5, 5.41) is 4.04. The number of nitrogens with zero attached hydrogens (tertiary/aromatic N) is 3. The van der Waals surface area contributed by atoms with E-state index in [-0.39, 0.29) is 12.0 Å². The highest BCUT2D eigenvalue weighted by molar-refractivity contribution is 9.10. The average Bonchev–Trinajstić information content (AvgIpc) is 2.96. The van der Waals surface area contributed by atoms with Crippen LogP contribution in [0.5, 0.6) is 5.88 Å². The van der Waals surface area contributed by atoms with Gasteiger partial charge >= 0.3 is 0 Å². The Kier molecular flexibility index (Phi) is 5.52. The van der Waals surface area contributed by atoms with Gasteiger partial charge in [0.1, 0.15) is 6.10 Å². The molecule has 1 atom stereocenters. The van der Waals surface area contributed by atoms with Crippen LogP contribution in [0.4, 0.5) is 0 Å². The van der Waals surface area contributed by atoms with Crippen molar-refractivity contribution >= 4 is 15.9 Å². The highest BCUT2D eigenvalue weighted by Gasteiger charge is 2.24. The van der Waals surface area contributed by atoms with Crippen molar-refractivity contribution in [1.29, 1.82) is 0 Å². The van der Waals surface area contributed by atoms with E-state index < -0.39 is 0 Å². The lowest BCUT2D eigenvalue weighted by molar-refractivity contribution is 0.00701. The van der Waals surface area contributed by atoms with Crippen LogP contribution in [0.3, 0.4) is 0 Å². The fourth-order valence-corrected chi connectivity index (χ4v) is 2.38. The first-order valence-corrected chi connectivity index (χ1v) is 7.93. The molecule has 0 saturated heterocycles. The summed E-state index contributed by atoms with van der Waals surface area (Å²) in [5.74, 6) is 1.60. The van der Waals surface area contributed by atoms with Crippen molar-refractivity contribution in [3.05, 3.63) is 22.1 Å². The molecule has 0 amide bonds. The first-order valence-electron chi connectivity index (χ1n) is 7.14. The third-order valence-electron chi connectivity index (χ3n) is 3.19. The van der Waals surface area contributed by atoms with Crippen LogP contribution in [0.15, 0.2) is 15.1 Å². The number of pyridine rings is 1. The first kappa shape index (κ1) is 16.9. The first-order chi connectivity index (χ1) is 10.5. The van der Waals surface area contributed by atoms with E-state index in [2.05, 4.69) is 44.9 Å². The third-order valence-corrected chi connectivity index (χ3v) is 3.99. The smallest absolute Gasteiger partial charge is 0.256 e. The van der Waals surface area contributed by atoms with Crippen molar-refractivity contribution in [2.24, 2.45) is 5.92 Å². The Labute approximate surface area is 138 Å². The number of hydrogen-bond acceptors (Lipinski definition) is 6. The highest BCUT2D eigenvalue weighted by Crippen LogP contribution is 2.32. The summed E-state index contributed by atoms with van der Waals surface area (Å²) >= 11 is 3.46. The van der Waals surface area contributed by atoms with Gasteiger partial charge in [-0.25, -0.2) is 4.98 Å². The second kappa shape index (κ2) is 7.19. The van der Waals surface area contributed by atoms with Gasteiger partial charge in [0.15, 0.2) is 0 Å². The summed E-state index contributed by atoms with van der Waals surface area (Å²) in [6.45, 7) is 8.52. The Hall–Kier alpha value is -1.47. The third kappa shape index (κ3) is 3.47. The zero-order chi connectivity index (χ0) is 16.3. The van der Waals surface area contributed by atoms with Crippen LogP contribution in [-0.2, 0) is 4.74 Å². The van der Waals surface area contributed by atoms with Gasteiger partial charge < -0.3 is 14.0 Å². The van der Waals surface area contributed by atoms with Crippen LogP contribution in [0.2, 0.25) is 0 Å². The van der Waals surface area contributed by atoms with Crippen molar-refractivity contribution < 1.29 is 14.0 Å². The highest BCUT2D eigenvalue weighted by atomic mass is 79.9. The summed E-state index contributed by atoms with van der Waals surface area (Å²) in [6, 6.07) is 1.88. The lowest BCUT2D eigenvalue weighted by Gasteiger charge is -2.16. The summed E-state index contributed by atoms with van der Waals surface area (Å²) in [7, 11) is 1.57. The Morgan fingerprint density at radius 2 is 2.05 bits per heavy atom. The van der Waals surface area contributed by atoms with Gasteiger partial charge in [0.05, 0.1) is 18.4 Å². The number of aromatic nitrogens is 3. The molecule has 0 N–H and O–H groups in total. The predicted octanol–water partition coefficient (Wildman–Crippen LogP) is 3.94. The molecule has 6 nitrogen and oxygen atoms in total. The van der Waals surface area contributed by atoms with Gasteiger partial charge in [-0.2, -0.15) is 4.98 Å². The normalized spacial score (nSPS) is 12.7. The maximum atomic E-state index is 5.69. The van der Waals surface area contributed by atoms with Gasteiger partial charge in [0.25, 0.3) is 5.89 Å². The minimum atomic E-state index is -0.223. The molecule has 0 bridgehead atoms. The number of aryl methyl sites for hydroxylation is 1. The van der Waals surface area contributed by atoms with Crippen LogP contribution in [0, 0.1) is 12.8 Å². The SMILES string of the molecule is CCOC(c1nc(-c2cc(Br)c(C)nc2OC)no1)C(C)C. The molecule has 2 aromatic rings. The van der Waals surface area contributed by atoms with Gasteiger partial charge in [-0.15, -0.1) is 0 Å². The molecule has 0 aliphatic carbocycles. The quantitative estimate of drug-likeness (QED) is 0.767. The largest absolute Gasteiger partial charge is 0.480 e. The molecule has 120 valence electrons. The molecule has 1 unspecified atom stereocenters. The molecule has 2 rings (SSSR count). The molecule has 2 aromatic heterocycles. The number of rotatable bonds is 6. The summed E-state index contributed by atoms with van der Waals surface area (Å²) in [5.41, 5.74) is 1.51. The zero-order valence-electron chi connectivity index (χ0n) is 13.4. The Morgan fingerprint density at radius 1 is 1.32 bits per heavy atom. The van der Waals surface area contributed by atoms with E-state index in [9.17, 15) is 0 Å². The minimum Gasteiger partial charge on any atom is -0.480 e. The lowest BCUT2D eigenvalue weighted by Crippen LogP contribution is -2.11. The van der Waals surface area contributed by atoms with Gasteiger partial charge in [-0.3, -0.25) is 0 Å². The second-order valence-electron chi connectivity index (χ2n) is 5.19. The van der Waals surface area contributed by atoms with E-state index >= 15 is 0 Å². The number of ether oxygens (including phenoxy) is 2. The minimum absolute atomic E-state index is 0.223. The number of hydrogen-bond donors (Lipinski definition) is 0. The summed E-state index contributed by atoms with van der Waals surface area (Å²) in [6.07, 6.45) is -0.223. The van der Waals surface area contributed by atoms with E-state index in [1.165, 1.54) is 0 Å². The van der Waals surface area contributed by atoms with Crippen molar-refractivity contribution in [3.8, 4) is 17.3 Å². The van der Waals surface area contributed by atoms with E-state index in [0.717, 1.165) is 10.2 Å². The van der Waals surface area contributed by atoms with Crippen LogP contribution < -0.4 is 4.74 Å². The maximum absolute atomic E-state index is 5.69. The maximum Gasteiger partial charge on any atom is 0.256 e. The average molecular weight is 370 g/mol. The van der Waals surface area contributed by atoms with Crippen molar-refractivity contribution in [1.82, 2.24) is 15.1 Å². The summed E-state index contributed by atoms with van der Waals surface area (Å²) < 4.78 is 17.2. The monoisotopic (exact) mass is 369 g/mol. The van der Waals surface area contributed by atoms with E-state index in [4.69, 9.17) is 14.0 Å². The van der Waals surface area contributed by atoms with Crippen molar-refractivity contribution in [2.45, 2.75) is 33.8 Å². The topological polar surface area (TPSA) is 70.3 Å². The van der Waals surface area contributed by atoms with E-state index in [1.54, 1.807) is 7.11 Å². The fourth-order valence-electron chi connectivity index (χ4n) is 2.06. The van der Waals surface area contributed by atoms with Gasteiger partial charge in [0.2, 0.25) is 11.7 Å². The molecular weight excluding hydrogens is 350 g/mol. The van der Waals surface area contributed by atoms with Gasteiger partial charge in [0, 0.05) is 11.1 Å². The predicted molar refractivity (Wildman–Crippen MR) is 85.7 cm³/mol. The summed E-state index contributed by atoms with van der Waals surface area (Å²) in [4.78, 5) is 8.83.